The van der Waals surface area contributed by atoms with Gasteiger partial charge in [-0.1, -0.05) is 133 Å². The van der Waals surface area contributed by atoms with Crippen LogP contribution in [0.2, 0.25) is 0 Å². The van der Waals surface area contributed by atoms with E-state index in [0.717, 1.165) is 36.9 Å². The van der Waals surface area contributed by atoms with Crippen LogP contribution in [0.15, 0.2) is 54.3 Å². The molecule has 1 fully saturated rings. The number of esters is 2. The maximum absolute atomic E-state index is 14.0. The maximum Gasteiger partial charge on any atom is 0.357 e. The Bertz CT molecular complexity index is 1540. The molecule has 1 saturated heterocycles. The van der Waals surface area contributed by atoms with Crippen molar-refractivity contribution in [3.8, 4) is 11.5 Å². The maximum atomic E-state index is 14.0. The zero-order valence-corrected chi connectivity index (χ0v) is 31.8. The zero-order valence-electron chi connectivity index (χ0n) is 31.8. The summed E-state index contributed by atoms with van der Waals surface area (Å²) in [5.41, 5.74) is 0.754. The number of likely N-dealkylation sites (tertiary alicyclic amines) is 1. The molecule has 8 heteroatoms. The summed E-state index contributed by atoms with van der Waals surface area (Å²) in [5.74, 6) is 0.489. The minimum absolute atomic E-state index is 0.106. The molecule has 0 unspecified atom stereocenters. The quantitative estimate of drug-likeness (QED) is 0.101. The van der Waals surface area contributed by atoms with Crippen LogP contribution in [0, 0.1) is 0 Å². The van der Waals surface area contributed by atoms with Gasteiger partial charge < -0.3 is 29.0 Å². The number of likely N-dealkylation sites (N-methyl/N-ethyl adjacent to an activating group) is 1. The summed E-state index contributed by atoms with van der Waals surface area (Å²) in [6.45, 7) is 3.04. The van der Waals surface area contributed by atoms with Crippen LogP contribution in [-0.4, -0.2) is 60.4 Å². The van der Waals surface area contributed by atoms with E-state index in [-0.39, 0.29) is 12.5 Å². The lowest BCUT2D eigenvalue weighted by Gasteiger charge is -2.61. The highest BCUT2D eigenvalue weighted by molar-refractivity contribution is 5.82. The van der Waals surface area contributed by atoms with Crippen molar-refractivity contribution in [2.45, 2.75) is 158 Å². The number of unbranched alkanes of at least 4 members (excludes halogenated alkanes) is 14. The number of benzene rings is 2. The SMILES string of the molecule is CCCCCCCCCCCCCCCCCC(=O)O[C@H](C(=O)OC1=CC[C@]2(O)[C@@H]3Cc4ccc(OC)c5c4[C@]2(CCN3C)[C@@H]1O5)c1ccccc1. The molecule has 0 amide bonds. The molecule has 8 nitrogen and oxygen atoms in total. The van der Waals surface area contributed by atoms with Crippen molar-refractivity contribution in [1.29, 1.82) is 0 Å². The predicted octanol–water partition coefficient (Wildman–Crippen LogP) is 9.06. The van der Waals surface area contributed by atoms with Gasteiger partial charge in [-0.05, 0) is 50.6 Å². The van der Waals surface area contributed by atoms with E-state index >= 15 is 0 Å². The Morgan fingerprint density at radius 1 is 0.904 bits per heavy atom. The Hall–Kier alpha value is -3.36. The molecule has 2 aromatic rings. The topological polar surface area (TPSA) is 94.5 Å². The van der Waals surface area contributed by atoms with E-state index in [1.807, 2.05) is 24.3 Å². The first-order valence-electron chi connectivity index (χ1n) is 20.3. The highest BCUT2D eigenvalue weighted by Crippen LogP contribution is 2.65. The molecular weight excluding hydrogens is 654 g/mol. The van der Waals surface area contributed by atoms with Gasteiger partial charge in [0.1, 0.15) is 5.76 Å². The molecular formula is C44H61NO7. The van der Waals surface area contributed by atoms with Crippen molar-refractivity contribution in [2.75, 3.05) is 20.7 Å². The lowest BCUT2D eigenvalue weighted by atomic mass is 9.50. The van der Waals surface area contributed by atoms with Gasteiger partial charge in [0.05, 0.1) is 18.1 Å². The molecule has 0 radical (unpaired) electrons. The van der Waals surface area contributed by atoms with Crippen LogP contribution >= 0.6 is 0 Å². The average molecular weight is 716 g/mol. The van der Waals surface area contributed by atoms with Crippen LogP contribution in [0.4, 0.5) is 0 Å². The van der Waals surface area contributed by atoms with Gasteiger partial charge in [-0.25, -0.2) is 4.79 Å². The summed E-state index contributed by atoms with van der Waals surface area (Å²) < 4.78 is 24.4. The van der Waals surface area contributed by atoms with Gasteiger partial charge >= 0.3 is 11.9 Å². The molecule has 5 atom stereocenters. The second kappa shape index (κ2) is 17.6. The largest absolute Gasteiger partial charge is 0.493 e. The predicted molar refractivity (Wildman–Crippen MR) is 202 cm³/mol. The van der Waals surface area contributed by atoms with Crippen molar-refractivity contribution >= 4 is 11.9 Å². The minimum atomic E-state index is -1.21. The number of carbonyl (C=O) groups excluding carboxylic acids is 2. The number of piperidine rings is 1. The molecule has 1 spiro atoms. The van der Waals surface area contributed by atoms with Crippen LogP contribution in [0.3, 0.4) is 0 Å². The summed E-state index contributed by atoms with van der Waals surface area (Å²) in [6, 6.07) is 12.9. The molecule has 1 N–H and O–H groups in total. The van der Waals surface area contributed by atoms with Gasteiger partial charge in [0.25, 0.3) is 0 Å². The molecule has 2 aliphatic carbocycles. The second-order valence-electron chi connectivity index (χ2n) is 15.7. The van der Waals surface area contributed by atoms with Crippen molar-refractivity contribution in [3.05, 3.63) is 71.0 Å². The number of carbonyl (C=O) groups is 2. The normalized spacial score (nSPS) is 24.7. The smallest absolute Gasteiger partial charge is 0.357 e. The van der Waals surface area contributed by atoms with Gasteiger partial charge in [-0.15, -0.1) is 0 Å². The average Bonchev–Trinajstić information content (AvgIpc) is 3.51. The molecule has 52 heavy (non-hydrogen) atoms. The third-order valence-corrected chi connectivity index (χ3v) is 12.3. The van der Waals surface area contributed by atoms with Crippen LogP contribution in [0.25, 0.3) is 0 Å². The molecule has 2 bridgehead atoms. The van der Waals surface area contributed by atoms with Crippen molar-refractivity contribution in [2.24, 2.45) is 0 Å². The molecule has 2 aromatic carbocycles. The summed E-state index contributed by atoms with van der Waals surface area (Å²) in [4.78, 5) is 29.4. The molecule has 0 aromatic heterocycles. The molecule has 0 saturated carbocycles. The van der Waals surface area contributed by atoms with Gasteiger partial charge in [0.2, 0.25) is 6.10 Å². The van der Waals surface area contributed by atoms with Crippen molar-refractivity contribution in [3.63, 3.8) is 0 Å². The minimum Gasteiger partial charge on any atom is -0.493 e. The van der Waals surface area contributed by atoms with Crippen LogP contribution in [-0.2, 0) is 30.9 Å². The zero-order chi connectivity index (χ0) is 36.6. The van der Waals surface area contributed by atoms with E-state index in [4.69, 9.17) is 18.9 Å². The monoisotopic (exact) mass is 715 g/mol. The van der Waals surface area contributed by atoms with Gasteiger partial charge in [0, 0.05) is 30.0 Å². The third-order valence-electron chi connectivity index (χ3n) is 12.3. The molecule has 6 rings (SSSR count). The third kappa shape index (κ3) is 7.79. The Morgan fingerprint density at radius 3 is 2.17 bits per heavy atom. The van der Waals surface area contributed by atoms with E-state index in [9.17, 15) is 14.7 Å². The number of rotatable bonds is 21. The van der Waals surface area contributed by atoms with E-state index < -0.39 is 35.2 Å². The Balaban J connectivity index is 1.02. The van der Waals surface area contributed by atoms with Crippen LogP contribution < -0.4 is 9.47 Å². The van der Waals surface area contributed by atoms with E-state index in [1.54, 1.807) is 25.3 Å². The number of hydrogen-bond acceptors (Lipinski definition) is 8. The molecule has 4 aliphatic rings. The van der Waals surface area contributed by atoms with Gasteiger partial charge in [-0.2, -0.15) is 0 Å². The molecule has 2 heterocycles. The van der Waals surface area contributed by atoms with E-state index in [0.29, 0.717) is 42.1 Å². The number of methoxy groups -OCH3 is 1. The number of ether oxygens (including phenoxy) is 4. The van der Waals surface area contributed by atoms with Crippen molar-refractivity contribution < 1.29 is 33.6 Å². The summed E-state index contributed by atoms with van der Waals surface area (Å²) >= 11 is 0. The van der Waals surface area contributed by atoms with Crippen molar-refractivity contribution in [1.82, 2.24) is 4.90 Å². The Labute approximate surface area is 311 Å². The molecule has 284 valence electrons. The fourth-order valence-corrected chi connectivity index (χ4v) is 9.47. The van der Waals surface area contributed by atoms with Gasteiger partial charge in [0.15, 0.2) is 17.6 Å². The number of aliphatic hydroxyl groups is 1. The number of hydrogen-bond donors (Lipinski definition) is 1. The first-order valence-corrected chi connectivity index (χ1v) is 20.3. The lowest BCUT2D eigenvalue weighted by molar-refractivity contribution is -0.176. The fraction of sp³-hybridized carbons (Fsp3) is 0.636. The Morgan fingerprint density at radius 2 is 1.54 bits per heavy atom. The summed E-state index contributed by atoms with van der Waals surface area (Å²) in [5, 5.41) is 12.5. The van der Waals surface area contributed by atoms with E-state index in [1.165, 1.54) is 77.0 Å². The number of nitrogens with zero attached hydrogens (tertiary/aromatic N) is 1. The lowest BCUT2D eigenvalue weighted by Crippen LogP contribution is -2.74. The van der Waals surface area contributed by atoms with E-state index in [2.05, 4.69) is 24.9 Å². The molecule has 2 aliphatic heterocycles. The van der Waals surface area contributed by atoms with Crippen LogP contribution in [0.5, 0.6) is 11.5 Å². The van der Waals surface area contributed by atoms with Gasteiger partial charge in [-0.3, -0.25) is 4.79 Å². The standard InChI is InChI=1S/C44H61NO7/c1-4-5-6-7-8-9-10-11-12-13-14-15-16-17-21-24-37(46)51-39(32-22-19-18-20-23-32)42(47)50-35-27-28-44(48)36-31-33-25-26-34(49-3)40-38(33)43(44,41(35)52-40)29-30-45(36)2/h18-20,22-23,25-27,36,39,41,48H,4-17,21,24,28-31H2,1-3H3/t36-,39-,41+,43+,44-/m0/s1. The Kier molecular flexibility index (Phi) is 13.0. The summed E-state index contributed by atoms with van der Waals surface area (Å²) in [6.07, 6.45) is 20.6. The first-order chi connectivity index (χ1) is 25.3. The second-order valence-corrected chi connectivity index (χ2v) is 15.7. The first kappa shape index (κ1) is 38.4. The van der Waals surface area contributed by atoms with Crippen LogP contribution in [0.1, 0.15) is 145 Å². The highest BCUT2D eigenvalue weighted by Gasteiger charge is 2.72. The fourth-order valence-electron chi connectivity index (χ4n) is 9.47. The summed E-state index contributed by atoms with van der Waals surface area (Å²) in [7, 11) is 3.68. The highest BCUT2D eigenvalue weighted by atomic mass is 16.6.